The molecule has 90 valence electrons. The van der Waals surface area contributed by atoms with Gasteiger partial charge in [-0.15, -0.1) is 0 Å². The van der Waals surface area contributed by atoms with Gasteiger partial charge in [-0.2, -0.15) is 0 Å². The molecule has 0 bridgehead atoms. The molecule has 0 saturated heterocycles. The van der Waals surface area contributed by atoms with Crippen molar-refractivity contribution in [3.63, 3.8) is 0 Å². The number of rotatable bonds is 1. The second kappa shape index (κ2) is 4.14. The van der Waals surface area contributed by atoms with Crippen molar-refractivity contribution in [2.75, 3.05) is 5.73 Å². The van der Waals surface area contributed by atoms with Gasteiger partial charge in [0.05, 0.1) is 11.0 Å². The Labute approximate surface area is 113 Å². The van der Waals surface area contributed by atoms with Crippen LogP contribution in [0.2, 0.25) is 0 Å². The number of halogens is 1. The Morgan fingerprint density at radius 1 is 1.17 bits per heavy atom. The fourth-order valence-electron chi connectivity index (χ4n) is 2.11. The van der Waals surface area contributed by atoms with E-state index in [4.69, 9.17) is 5.73 Å². The number of hydrogen-bond acceptors (Lipinski definition) is 2. The van der Waals surface area contributed by atoms with Gasteiger partial charge in [-0.3, -0.25) is 4.57 Å². The van der Waals surface area contributed by atoms with Gasteiger partial charge in [-0.05, 0) is 42.8 Å². The molecule has 1 heterocycles. The molecule has 3 aromatic rings. The largest absolute Gasteiger partial charge is 0.369 e. The van der Waals surface area contributed by atoms with Crippen LogP contribution in [-0.4, -0.2) is 9.55 Å². The molecule has 0 aliphatic carbocycles. The maximum atomic E-state index is 6.02. The molecule has 0 aliphatic heterocycles. The molecule has 2 N–H and O–H groups in total. The second-order valence-electron chi connectivity index (χ2n) is 4.28. The van der Waals surface area contributed by atoms with Crippen LogP contribution >= 0.6 is 15.9 Å². The zero-order valence-electron chi connectivity index (χ0n) is 9.89. The van der Waals surface area contributed by atoms with E-state index in [0.29, 0.717) is 5.95 Å². The van der Waals surface area contributed by atoms with Crippen molar-refractivity contribution in [3.8, 4) is 5.69 Å². The first-order valence-corrected chi connectivity index (χ1v) is 6.45. The third-order valence-electron chi connectivity index (χ3n) is 2.90. The quantitative estimate of drug-likeness (QED) is 0.745. The van der Waals surface area contributed by atoms with E-state index in [1.165, 1.54) is 5.56 Å². The van der Waals surface area contributed by atoms with E-state index in [1.807, 2.05) is 34.9 Å². The highest BCUT2D eigenvalue weighted by molar-refractivity contribution is 9.10. The number of nitrogen functional groups attached to an aromatic ring is 1. The van der Waals surface area contributed by atoms with Gasteiger partial charge < -0.3 is 5.73 Å². The topological polar surface area (TPSA) is 43.8 Å². The number of hydrogen-bond donors (Lipinski definition) is 1. The molecule has 3 nitrogen and oxygen atoms in total. The SMILES string of the molecule is Cc1cccc(-n2c(N)nc3ccc(Br)cc32)c1. The summed E-state index contributed by atoms with van der Waals surface area (Å²) in [6, 6.07) is 14.2. The smallest absolute Gasteiger partial charge is 0.205 e. The van der Waals surface area contributed by atoms with Crippen LogP contribution in [0, 0.1) is 6.92 Å². The number of nitrogens with two attached hydrogens (primary N) is 1. The minimum atomic E-state index is 0.508. The third kappa shape index (κ3) is 1.78. The van der Waals surface area contributed by atoms with Crippen LogP contribution in [0.3, 0.4) is 0 Å². The fraction of sp³-hybridized carbons (Fsp3) is 0.0714. The van der Waals surface area contributed by atoms with Crippen molar-refractivity contribution in [3.05, 3.63) is 52.5 Å². The van der Waals surface area contributed by atoms with Gasteiger partial charge in [0.1, 0.15) is 0 Å². The van der Waals surface area contributed by atoms with Gasteiger partial charge in [-0.1, -0.05) is 28.1 Å². The number of benzene rings is 2. The fourth-order valence-corrected chi connectivity index (χ4v) is 2.45. The van der Waals surface area contributed by atoms with Crippen LogP contribution in [0.1, 0.15) is 5.56 Å². The van der Waals surface area contributed by atoms with Crippen LogP contribution < -0.4 is 5.73 Å². The van der Waals surface area contributed by atoms with E-state index in [-0.39, 0.29) is 0 Å². The van der Waals surface area contributed by atoms with Crippen molar-refractivity contribution in [1.29, 1.82) is 0 Å². The van der Waals surface area contributed by atoms with Crippen molar-refractivity contribution in [2.45, 2.75) is 6.92 Å². The van der Waals surface area contributed by atoms with Crippen LogP contribution in [0.4, 0.5) is 5.95 Å². The Kier molecular flexibility index (Phi) is 2.59. The summed E-state index contributed by atoms with van der Waals surface area (Å²) in [7, 11) is 0. The Morgan fingerprint density at radius 2 is 2.00 bits per heavy atom. The van der Waals surface area contributed by atoms with Gasteiger partial charge in [0, 0.05) is 10.2 Å². The zero-order chi connectivity index (χ0) is 12.7. The molecule has 4 heteroatoms. The van der Waals surface area contributed by atoms with E-state index in [0.717, 1.165) is 21.2 Å². The van der Waals surface area contributed by atoms with Crippen LogP contribution in [0.25, 0.3) is 16.7 Å². The van der Waals surface area contributed by atoms with Crippen molar-refractivity contribution >= 4 is 32.9 Å². The standard InChI is InChI=1S/C14H12BrN3/c1-9-3-2-4-11(7-9)18-13-8-10(15)5-6-12(13)17-14(18)16/h2-8H,1H3,(H2,16,17). The summed E-state index contributed by atoms with van der Waals surface area (Å²) in [5.74, 6) is 0.508. The number of aromatic nitrogens is 2. The maximum Gasteiger partial charge on any atom is 0.205 e. The van der Waals surface area contributed by atoms with E-state index in [2.05, 4.69) is 40.0 Å². The average molecular weight is 302 g/mol. The predicted molar refractivity (Wildman–Crippen MR) is 77.9 cm³/mol. The molecule has 0 aliphatic rings. The Morgan fingerprint density at radius 3 is 2.78 bits per heavy atom. The second-order valence-corrected chi connectivity index (χ2v) is 5.19. The van der Waals surface area contributed by atoms with Crippen molar-refractivity contribution < 1.29 is 0 Å². The molecule has 1 aromatic heterocycles. The van der Waals surface area contributed by atoms with E-state index in [1.54, 1.807) is 0 Å². The molecule has 2 aromatic carbocycles. The number of imidazole rings is 1. The number of anilines is 1. The molecule has 3 rings (SSSR count). The molecule has 0 amide bonds. The lowest BCUT2D eigenvalue weighted by atomic mass is 10.2. The van der Waals surface area contributed by atoms with Gasteiger partial charge in [-0.25, -0.2) is 4.98 Å². The lowest BCUT2D eigenvalue weighted by molar-refractivity contribution is 1.10. The molecule has 18 heavy (non-hydrogen) atoms. The summed E-state index contributed by atoms with van der Waals surface area (Å²) >= 11 is 3.48. The number of fused-ring (bicyclic) bond motifs is 1. The minimum absolute atomic E-state index is 0.508. The molecular formula is C14H12BrN3. The summed E-state index contributed by atoms with van der Waals surface area (Å²) in [5, 5.41) is 0. The summed E-state index contributed by atoms with van der Waals surface area (Å²) < 4.78 is 2.98. The number of nitrogens with zero attached hydrogens (tertiary/aromatic N) is 2. The summed E-state index contributed by atoms with van der Waals surface area (Å²) in [5.41, 5.74) is 10.2. The monoisotopic (exact) mass is 301 g/mol. The molecule has 0 fully saturated rings. The summed E-state index contributed by atoms with van der Waals surface area (Å²) in [6.45, 7) is 2.06. The molecule has 0 radical (unpaired) electrons. The minimum Gasteiger partial charge on any atom is -0.369 e. The first-order chi connectivity index (χ1) is 8.65. The highest BCUT2D eigenvalue weighted by Gasteiger charge is 2.10. The van der Waals surface area contributed by atoms with Crippen LogP contribution in [0.5, 0.6) is 0 Å². The van der Waals surface area contributed by atoms with E-state index >= 15 is 0 Å². The maximum absolute atomic E-state index is 6.02. The molecular weight excluding hydrogens is 290 g/mol. The Balaban J connectivity index is 2.34. The van der Waals surface area contributed by atoms with Gasteiger partial charge in [0.25, 0.3) is 0 Å². The van der Waals surface area contributed by atoms with Crippen LogP contribution in [-0.2, 0) is 0 Å². The third-order valence-corrected chi connectivity index (χ3v) is 3.40. The lowest BCUT2D eigenvalue weighted by Crippen LogP contribution is -2.00. The molecule has 0 atom stereocenters. The summed E-state index contributed by atoms with van der Waals surface area (Å²) in [4.78, 5) is 4.38. The Bertz CT molecular complexity index is 731. The number of aryl methyl sites for hydroxylation is 1. The first-order valence-electron chi connectivity index (χ1n) is 5.66. The normalized spacial score (nSPS) is 11.0. The summed E-state index contributed by atoms with van der Waals surface area (Å²) in [6.07, 6.45) is 0. The molecule has 0 saturated carbocycles. The highest BCUT2D eigenvalue weighted by Crippen LogP contribution is 2.26. The predicted octanol–water partition coefficient (Wildman–Crippen LogP) is 3.68. The van der Waals surface area contributed by atoms with Gasteiger partial charge in [0.2, 0.25) is 5.95 Å². The van der Waals surface area contributed by atoms with Crippen LogP contribution in [0.15, 0.2) is 46.9 Å². The van der Waals surface area contributed by atoms with Gasteiger partial charge in [0.15, 0.2) is 0 Å². The van der Waals surface area contributed by atoms with Crippen molar-refractivity contribution in [1.82, 2.24) is 9.55 Å². The zero-order valence-corrected chi connectivity index (χ0v) is 11.5. The first kappa shape index (κ1) is 11.3. The van der Waals surface area contributed by atoms with Gasteiger partial charge >= 0.3 is 0 Å². The molecule has 0 spiro atoms. The highest BCUT2D eigenvalue weighted by atomic mass is 79.9. The van der Waals surface area contributed by atoms with Crippen molar-refractivity contribution in [2.24, 2.45) is 0 Å². The molecule has 0 unspecified atom stereocenters. The van der Waals surface area contributed by atoms with E-state index < -0.39 is 0 Å². The average Bonchev–Trinajstić information content (AvgIpc) is 2.64. The Hall–Kier alpha value is -1.81. The lowest BCUT2D eigenvalue weighted by Gasteiger charge is -2.07. The van der Waals surface area contributed by atoms with E-state index in [9.17, 15) is 0 Å².